The van der Waals surface area contributed by atoms with Crippen LogP contribution in [0.4, 0.5) is 5.69 Å². The fourth-order valence-corrected chi connectivity index (χ4v) is 4.63. The number of sulfonamides is 1. The lowest BCUT2D eigenvalue weighted by molar-refractivity contribution is 0.0729. The molecule has 0 fully saturated rings. The van der Waals surface area contributed by atoms with E-state index in [1.807, 2.05) is 6.92 Å². The molecule has 0 aromatic heterocycles. The number of nitrogens with zero attached hydrogens (tertiary/aromatic N) is 1. The summed E-state index contributed by atoms with van der Waals surface area (Å²) in [6.07, 6.45) is 1.40. The molecule has 40 heavy (non-hydrogen) atoms. The summed E-state index contributed by atoms with van der Waals surface area (Å²) >= 11 is 5.85. The van der Waals surface area contributed by atoms with E-state index >= 15 is 0 Å². The summed E-state index contributed by atoms with van der Waals surface area (Å²) in [5.74, 6) is -0.565. The minimum absolute atomic E-state index is 0.138. The van der Waals surface area contributed by atoms with Gasteiger partial charge in [-0.3, -0.25) is 9.52 Å². The number of hydrazone groups is 1. The normalized spacial score (nSPS) is 11.2. The molecule has 1 amide bonds. The van der Waals surface area contributed by atoms with Crippen LogP contribution in [0.2, 0.25) is 5.02 Å². The highest BCUT2D eigenvalue weighted by atomic mass is 35.5. The van der Waals surface area contributed by atoms with E-state index in [1.54, 1.807) is 54.6 Å². The van der Waals surface area contributed by atoms with Crippen LogP contribution in [-0.4, -0.2) is 33.6 Å². The highest BCUT2D eigenvalue weighted by molar-refractivity contribution is 7.92. The Morgan fingerprint density at radius 1 is 0.850 bits per heavy atom. The number of esters is 1. The summed E-state index contributed by atoms with van der Waals surface area (Å²) in [5.41, 5.74) is 4.85. The van der Waals surface area contributed by atoms with Crippen LogP contribution in [-0.2, 0) is 10.0 Å². The van der Waals surface area contributed by atoms with Crippen molar-refractivity contribution in [3.05, 3.63) is 118 Å². The first-order valence-corrected chi connectivity index (χ1v) is 13.7. The van der Waals surface area contributed by atoms with E-state index in [1.165, 1.54) is 49.7 Å². The average Bonchev–Trinajstić information content (AvgIpc) is 2.94. The van der Waals surface area contributed by atoms with E-state index in [0.717, 1.165) is 5.56 Å². The number of carbonyl (C=O) groups excluding carboxylic acids is 2. The van der Waals surface area contributed by atoms with Crippen molar-refractivity contribution in [1.82, 2.24) is 5.43 Å². The third kappa shape index (κ3) is 7.25. The van der Waals surface area contributed by atoms with Crippen molar-refractivity contribution < 1.29 is 27.5 Å². The number of aryl methyl sites for hydroxylation is 1. The largest absolute Gasteiger partial charge is 0.493 e. The lowest BCUT2D eigenvalue weighted by Gasteiger charge is -2.10. The molecule has 0 aliphatic carbocycles. The van der Waals surface area contributed by atoms with Crippen LogP contribution in [0.15, 0.2) is 101 Å². The molecule has 0 saturated heterocycles. The van der Waals surface area contributed by atoms with Gasteiger partial charge >= 0.3 is 5.97 Å². The Kier molecular flexibility index (Phi) is 8.83. The molecule has 0 aliphatic rings. The van der Waals surface area contributed by atoms with E-state index in [-0.39, 0.29) is 16.2 Å². The zero-order chi connectivity index (χ0) is 28.7. The number of methoxy groups -OCH3 is 1. The molecule has 4 rings (SSSR count). The number of hydrogen-bond donors (Lipinski definition) is 2. The number of ether oxygens (including phenoxy) is 2. The average molecular weight is 578 g/mol. The maximum Gasteiger partial charge on any atom is 0.343 e. The number of carbonyl (C=O) groups is 2. The van der Waals surface area contributed by atoms with Crippen molar-refractivity contribution in [3.8, 4) is 11.5 Å². The number of halogens is 1. The molecule has 0 aliphatic heterocycles. The summed E-state index contributed by atoms with van der Waals surface area (Å²) in [6.45, 7) is 1.87. The van der Waals surface area contributed by atoms with E-state index in [2.05, 4.69) is 15.2 Å². The second-order valence-corrected chi connectivity index (χ2v) is 10.6. The predicted octanol–water partition coefficient (Wildman–Crippen LogP) is 5.44. The maximum absolute atomic E-state index is 12.6. The number of rotatable bonds is 9. The third-order valence-electron chi connectivity index (χ3n) is 5.58. The van der Waals surface area contributed by atoms with Gasteiger partial charge in [0.05, 0.1) is 23.8 Å². The first kappa shape index (κ1) is 28.3. The van der Waals surface area contributed by atoms with E-state index < -0.39 is 21.9 Å². The van der Waals surface area contributed by atoms with Gasteiger partial charge in [0.25, 0.3) is 15.9 Å². The molecule has 0 spiro atoms. The fourth-order valence-electron chi connectivity index (χ4n) is 3.44. The molecule has 0 atom stereocenters. The SMILES string of the molecule is COc1cc(/C=N\NC(=O)c2ccc(NS(=O)(=O)c3ccc(C)cc3)cc2)ccc1OC(=O)c1ccc(Cl)cc1. The lowest BCUT2D eigenvalue weighted by atomic mass is 10.2. The van der Waals surface area contributed by atoms with Crippen LogP contribution in [0.5, 0.6) is 11.5 Å². The number of hydrogen-bond acceptors (Lipinski definition) is 7. The molecule has 0 radical (unpaired) electrons. The minimum atomic E-state index is -3.76. The smallest absolute Gasteiger partial charge is 0.343 e. The molecule has 204 valence electrons. The highest BCUT2D eigenvalue weighted by Gasteiger charge is 2.15. The number of nitrogens with one attached hydrogen (secondary N) is 2. The number of anilines is 1. The summed E-state index contributed by atoms with van der Waals surface area (Å²) in [5, 5.41) is 4.46. The molecule has 0 bridgehead atoms. The second kappa shape index (κ2) is 12.5. The number of amides is 1. The predicted molar refractivity (Wildman–Crippen MR) is 153 cm³/mol. The second-order valence-electron chi connectivity index (χ2n) is 8.50. The Balaban J connectivity index is 1.35. The summed E-state index contributed by atoms with van der Waals surface area (Å²) in [7, 11) is -2.32. The standard InChI is InChI=1S/C29H24ClN3O6S/c1-19-3-14-25(15-4-19)40(36,37)33-24-12-8-21(9-13-24)28(34)32-31-18-20-5-16-26(27(17-20)38-2)39-29(35)22-6-10-23(30)11-7-22/h3-18,33H,1-2H3,(H,32,34)/b31-18-. The molecule has 4 aromatic rings. The Bertz CT molecular complexity index is 1650. The topological polar surface area (TPSA) is 123 Å². The van der Waals surface area contributed by atoms with Gasteiger partial charge < -0.3 is 9.47 Å². The van der Waals surface area contributed by atoms with Gasteiger partial charge in [0.15, 0.2) is 11.5 Å². The Hall–Kier alpha value is -4.67. The molecule has 11 heteroatoms. The van der Waals surface area contributed by atoms with Gasteiger partial charge in [-0.05, 0) is 91.3 Å². The van der Waals surface area contributed by atoms with Crippen molar-refractivity contribution in [2.45, 2.75) is 11.8 Å². The first-order valence-electron chi connectivity index (χ1n) is 11.8. The van der Waals surface area contributed by atoms with Gasteiger partial charge in [-0.1, -0.05) is 29.3 Å². The van der Waals surface area contributed by atoms with Gasteiger partial charge in [0, 0.05) is 16.3 Å². The van der Waals surface area contributed by atoms with E-state index in [0.29, 0.717) is 27.6 Å². The van der Waals surface area contributed by atoms with Crippen LogP contribution in [0.1, 0.15) is 31.8 Å². The number of benzene rings is 4. The van der Waals surface area contributed by atoms with Gasteiger partial charge in [0.1, 0.15) is 0 Å². The Morgan fingerprint density at radius 3 is 2.15 bits per heavy atom. The fraction of sp³-hybridized carbons (Fsp3) is 0.0690. The van der Waals surface area contributed by atoms with Crippen LogP contribution in [0.3, 0.4) is 0 Å². The highest BCUT2D eigenvalue weighted by Crippen LogP contribution is 2.28. The van der Waals surface area contributed by atoms with Crippen LogP contribution < -0.4 is 19.6 Å². The summed E-state index contributed by atoms with van der Waals surface area (Å²) < 4.78 is 38.3. The molecular formula is C29H24ClN3O6S. The first-order chi connectivity index (χ1) is 19.1. The van der Waals surface area contributed by atoms with Crippen molar-refractivity contribution in [2.75, 3.05) is 11.8 Å². The summed E-state index contributed by atoms with van der Waals surface area (Å²) in [6, 6.07) is 23.5. The van der Waals surface area contributed by atoms with Crippen LogP contribution in [0, 0.1) is 6.92 Å². The van der Waals surface area contributed by atoms with E-state index in [4.69, 9.17) is 21.1 Å². The third-order valence-corrected chi connectivity index (χ3v) is 7.23. The van der Waals surface area contributed by atoms with Crippen molar-refractivity contribution in [2.24, 2.45) is 5.10 Å². The van der Waals surface area contributed by atoms with Crippen molar-refractivity contribution in [3.63, 3.8) is 0 Å². The Labute approximate surface area is 236 Å². The molecule has 0 saturated carbocycles. The van der Waals surface area contributed by atoms with Gasteiger partial charge in [-0.15, -0.1) is 0 Å². The van der Waals surface area contributed by atoms with Crippen LogP contribution >= 0.6 is 11.6 Å². The van der Waals surface area contributed by atoms with Crippen molar-refractivity contribution >= 4 is 45.4 Å². The van der Waals surface area contributed by atoms with Gasteiger partial charge in [0.2, 0.25) is 0 Å². The summed E-state index contributed by atoms with van der Waals surface area (Å²) in [4.78, 5) is 25.0. The van der Waals surface area contributed by atoms with Gasteiger partial charge in [-0.2, -0.15) is 5.10 Å². The minimum Gasteiger partial charge on any atom is -0.493 e. The zero-order valence-electron chi connectivity index (χ0n) is 21.4. The Morgan fingerprint density at radius 2 is 1.50 bits per heavy atom. The van der Waals surface area contributed by atoms with Crippen LogP contribution in [0.25, 0.3) is 0 Å². The zero-order valence-corrected chi connectivity index (χ0v) is 23.0. The lowest BCUT2D eigenvalue weighted by Crippen LogP contribution is -2.18. The monoisotopic (exact) mass is 577 g/mol. The quantitative estimate of drug-likeness (QED) is 0.118. The van der Waals surface area contributed by atoms with Crippen molar-refractivity contribution in [1.29, 1.82) is 0 Å². The molecule has 0 heterocycles. The molecule has 4 aromatic carbocycles. The molecular weight excluding hydrogens is 554 g/mol. The molecule has 0 unspecified atom stereocenters. The van der Waals surface area contributed by atoms with Gasteiger partial charge in [-0.25, -0.2) is 18.6 Å². The molecule has 9 nitrogen and oxygen atoms in total. The maximum atomic E-state index is 12.6. The molecule has 2 N–H and O–H groups in total. The van der Waals surface area contributed by atoms with E-state index in [9.17, 15) is 18.0 Å².